The molecule has 1 aromatic rings. The minimum Gasteiger partial charge on any atom is -0.508 e. The van der Waals surface area contributed by atoms with E-state index in [0.29, 0.717) is 24.2 Å². The summed E-state index contributed by atoms with van der Waals surface area (Å²) in [5.74, 6) is 1.45. The highest BCUT2D eigenvalue weighted by Gasteiger charge is 2.19. The molecule has 1 fully saturated rings. The second kappa shape index (κ2) is 5.35. The maximum atomic E-state index is 9.26. The zero-order valence-corrected chi connectivity index (χ0v) is 9.60. The molecule has 2 N–H and O–H groups in total. The van der Waals surface area contributed by atoms with Crippen molar-refractivity contribution in [2.45, 2.75) is 38.0 Å². The number of aliphatic hydroxyl groups is 1. The highest BCUT2D eigenvalue weighted by atomic mass is 16.3. The first-order valence-corrected chi connectivity index (χ1v) is 6.19. The highest BCUT2D eigenvalue weighted by molar-refractivity contribution is 5.28. The van der Waals surface area contributed by atoms with Crippen LogP contribution in [0.5, 0.6) is 5.75 Å². The lowest BCUT2D eigenvalue weighted by Crippen LogP contribution is -2.04. The lowest BCUT2D eigenvalue weighted by molar-refractivity contribution is 0.212. The minimum absolute atomic E-state index is 0.336. The molecule has 0 aromatic heterocycles. The van der Waals surface area contributed by atoms with E-state index in [1.807, 2.05) is 12.1 Å². The molecule has 1 aliphatic carbocycles. The molecule has 16 heavy (non-hydrogen) atoms. The van der Waals surface area contributed by atoms with E-state index in [4.69, 9.17) is 0 Å². The second-order valence-corrected chi connectivity index (χ2v) is 4.85. The summed E-state index contributed by atoms with van der Waals surface area (Å²) in [5, 5.41) is 18.4. The maximum absolute atomic E-state index is 9.26. The van der Waals surface area contributed by atoms with Crippen LogP contribution >= 0.6 is 0 Å². The molecular weight excluding hydrogens is 200 g/mol. The van der Waals surface area contributed by atoms with Gasteiger partial charge >= 0.3 is 0 Å². The Hall–Kier alpha value is -1.02. The smallest absolute Gasteiger partial charge is 0.115 e. The van der Waals surface area contributed by atoms with E-state index in [9.17, 15) is 10.2 Å². The molecule has 2 atom stereocenters. The fraction of sp³-hybridized carbons (Fsp3) is 0.571. The summed E-state index contributed by atoms with van der Waals surface area (Å²) < 4.78 is 0. The van der Waals surface area contributed by atoms with Crippen LogP contribution in [-0.2, 0) is 0 Å². The van der Waals surface area contributed by atoms with Crippen LogP contribution in [0.15, 0.2) is 24.3 Å². The van der Waals surface area contributed by atoms with E-state index < -0.39 is 0 Å². The van der Waals surface area contributed by atoms with Crippen molar-refractivity contribution in [2.24, 2.45) is 5.92 Å². The largest absolute Gasteiger partial charge is 0.508 e. The number of rotatable bonds is 2. The second-order valence-electron chi connectivity index (χ2n) is 4.85. The number of aromatic hydroxyl groups is 1. The van der Waals surface area contributed by atoms with Gasteiger partial charge in [-0.15, -0.1) is 0 Å². The van der Waals surface area contributed by atoms with Crippen molar-refractivity contribution in [3.8, 4) is 5.75 Å². The van der Waals surface area contributed by atoms with Gasteiger partial charge < -0.3 is 10.2 Å². The predicted octanol–water partition coefficient (Wildman–Crippen LogP) is 3.05. The number of phenolic OH excluding ortho intramolecular Hbond substituents is 1. The molecule has 0 bridgehead atoms. The van der Waals surface area contributed by atoms with Crippen LogP contribution in [0.2, 0.25) is 0 Å². The van der Waals surface area contributed by atoms with E-state index in [-0.39, 0.29) is 0 Å². The topological polar surface area (TPSA) is 40.5 Å². The monoisotopic (exact) mass is 220 g/mol. The molecule has 0 radical (unpaired) electrons. The zero-order valence-electron chi connectivity index (χ0n) is 9.60. The molecule has 0 saturated heterocycles. The van der Waals surface area contributed by atoms with Gasteiger partial charge in [0.1, 0.15) is 5.75 Å². The normalized spacial score (nSPS) is 26.3. The van der Waals surface area contributed by atoms with Crippen LogP contribution in [-0.4, -0.2) is 16.8 Å². The van der Waals surface area contributed by atoms with Gasteiger partial charge in [-0.05, 0) is 55.2 Å². The molecule has 0 amide bonds. The van der Waals surface area contributed by atoms with Gasteiger partial charge in [-0.2, -0.15) is 0 Å². The Labute approximate surface area is 96.9 Å². The van der Waals surface area contributed by atoms with Crippen LogP contribution in [0.4, 0.5) is 0 Å². The first-order valence-electron chi connectivity index (χ1n) is 6.19. The van der Waals surface area contributed by atoms with E-state index in [0.717, 1.165) is 19.3 Å². The molecule has 1 saturated carbocycles. The molecule has 1 unspecified atom stereocenters. The Morgan fingerprint density at radius 1 is 1.00 bits per heavy atom. The summed E-state index contributed by atoms with van der Waals surface area (Å²) >= 11 is 0. The molecule has 2 rings (SSSR count). The lowest BCUT2D eigenvalue weighted by atomic mass is 9.91. The Morgan fingerprint density at radius 3 is 2.44 bits per heavy atom. The van der Waals surface area contributed by atoms with Crippen LogP contribution < -0.4 is 0 Å². The zero-order chi connectivity index (χ0) is 11.4. The van der Waals surface area contributed by atoms with Crippen molar-refractivity contribution < 1.29 is 10.2 Å². The molecule has 0 spiro atoms. The lowest BCUT2D eigenvalue weighted by Gasteiger charge is -2.14. The fourth-order valence-electron chi connectivity index (χ4n) is 2.64. The third-order valence-corrected chi connectivity index (χ3v) is 3.71. The summed E-state index contributed by atoms with van der Waals surface area (Å²) in [4.78, 5) is 0. The fourth-order valence-corrected chi connectivity index (χ4v) is 2.64. The Bertz CT molecular complexity index is 318. The predicted molar refractivity (Wildman–Crippen MR) is 64.5 cm³/mol. The summed E-state index contributed by atoms with van der Waals surface area (Å²) in [6.45, 7) is 0.336. The van der Waals surface area contributed by atoms with Crippen molar-refractivity contribution in [3.05, 3.63) is 29.8 Å². The molecule has 0 aliphatic heterocycles. The van der Waals surface area contributed by atoms with Gasteiger partial charge in [0.15, 0.2) is 0 Å². The Kier molecular flexibility index (Phi) is 3.83. The van der Waals surface area contributed by atoms with Crippen LogP contribution in [0, 0.1) is 5.92 Å². The van der Waals surface area contributed by atoms with Gasteiger partial charge in [0, 0.05) is 6.61 Å². The summed E-state index contributed by atoms with van der Waals surface area (Å²) in [5.41, 5.74) is 1.33. The molecule has 1 aromatic carbocycles. The quantitative estimate of drug-likeness (QED) is 0.752. The van der Waals surface area contributed by atoms with Gasteiger partial charge in [-0.25, -0.2) is 0 Å². The third kappa shape index (κ3) is 2.76. The van der Waals surface area contributed by atoms with Crippen molar-refractivity contribution in [1.82, 2.24) is 0 Å². The van der Waals surface area contributed by atoms with E-state index in [1.165, 1.54) is 18.4 Å². The first kappa shape index (κ1) is 11.5. The van der Waals surface area contributed by atoms with Crippen LogP contribution in [0.1, 0.15) is 43.6 Å². The molecular formula is C14H20O2. The summed E-state index contributed by atoms with van der Waals surface area (Å²) in [6.07, 6.45) is 5.86. The van der Waals surface area contributed by atoms with Crippen LogP contribution in [0.25, 0.3) is 0 Å². The molecule has 2 heteroatoms. The average Bonchev–Trinajstić information content (AvgIpc) is 2.55. The van der Waals surface area contributed by atoms with E-state index in [2.05, 4.69) is 0 Å². The van der Waals surface area contributed by atoms with Gasteiger partial charge in [0.25, 0.3) is 0 Å². The Morgan fingerprint density at radius 2 is 1.75 bits per heavy atom. The van der Waals surface area contributed by atoms with Gasteiger partial charge in [0.05, 0.1) is 0 Å². The van der Waals surface area contributed by atoms with E-state index in [1.54, 1.807) is 12.1 Å². The molecule has 1 aliphatic rings. The number of phenols is 1. The van der Waals surface area contributed by atoms with Crippen molar-refractivity contribution in [2.75, 3.05) is 6.61 Å². The van der Waals surface area contributed by atoms with Crippen molar-refractivity contribution >= 4 is 0 Å². The van der Waals surface area contributed by atoms with Gasteiger partial charge in [0.2, 0.25) is 0 Å². The molecule has 2 nitrogen and oxygen atoms in total. The maximum Gasteiger partial charge on any atom is 0.115 e. The van der Waals surface area contributed by atoms with Crippen molar-refractivity contribution in [1.29, 1.82) is 0 Å². The average molecular weight is 220 g/mol. The first-order chi connectivity index (χ1) is 7.79. The number of benzene rings is 1. The third-order valence-electron chi connectivity index (χ3n) is 3.71. The summed E-state index contributed by atoms with van der Waals surface area (Å²) in [6, 6.07) is 7.59. The van der Waals surface area contributed by atoms with E-state index >= 15 is 0 Å². The van der Waals surface area contributed by atoms with Crippen LogP contribution in [0.3, 0.4) is 0 Å². The summed E-state index contributed by atoms with van der Waals surface area (Å²) in [7, 11) is 0. The minimum atomic E-state index is 0.336. The van der Waals surface area contributed by atoms with Gasteiger partial charge in [-0.1, -0.05) is 18.6 Å². The highest BCUT2D eigenvalue weighted by Crippen LogP contribution is 2.34. The molecule has 0 heterocycles. The standard InChI is InChI=1S/C14H20O2/c15-10-11-2-1-3-12(5-4-11)13-6-8-14(16)9-7-13/h6-9,11-12,15-16H,1-5,10H2/t11?,12-/m1/s1. The van der Waals surface area contributed by atoms with Crippen molar-refractivity contribution in [3.63, 3.8) is 0 Å². The SMILES string of the molecule is OCC1CCC[C@@H](c2ccc(O)cc2)CC1. The Balaban J connectivity index is 2.02. The molecule has 88 valence electrons. The number of hydrogen-bond donors (Lipinski definition) is 2. The van der Waals surface area contributed by atoms with Gasteiger partial charge in [-0.3, -0.25) is 0 Å². The number of aliphatic hydroxyl groups excluding tert-OH is 1. The number of hydrogen-bond acceptors (Lipinski definition) is 2.